The minimum absolute atomic E-state index is 0.0945. The summed E-state index contributed by atoms with van der Waals surface area (Å²) in [6, 6.07) is 15.6. The highest BCUT2D eigenvalue weighted by atomic mass is 32.1. The number of carbonyl (C=O) groups is 1. The standard InChI is InChI=1S/C17H15N3OS/c1-12-7-8-17(22-12)15-9-14(19-20-15)16(21)11-18-10-13-5-3-2-4-6-13/h2-10H,11H2,1H3,(H,19,20). The molecule has 22 heavy (non-hydrogen) atoms. The van der Waals surface area contributed by atoms with E-state index in [1.807, 2.05) is 42.5 Å². The Bertz CT molecular complexity index is 802. The average Bonchev–Trinajstić information content (AvgIpc) is 3.17. The van der Waals surface area contributed by atoms with Crippen molar-refractivity contribution in [3.8, 4) is 10.6 Å². The SMILES string of the molecule is Cc1ccc(-c2cc(C(=O)CN=Cc3ccccc3)n[nH]2)s1. The predicted octanol–water partition coefficient (Wildman–Crippen LogP) is 3.75. The number of carbonyl (C=O) groups excluding carboxylic acids is 1. The summed E-state index contributed by atoms with van der Waals surface area (Å²) in [5.74, 6) is -0.0945. The van der Waals surface area contributed by atoms with Crippen LogP contribution in [0.4, 0.5) is 0 Å². The topological polar surface area (TPSA) is 58.1 Å². The molecule has 0 saturated heterocycles. The van der Waals surface area contributed by atoms with Gasteiger partial charge in [-0.2, -0.15) is 5.10 Å². The second-order valence-electron chi connectivity index (χ2n) is 4.88. The first kappa shape index (κ1) is 14.4. The Hall–Kier alpha value is -2.53. The number of hydrogen-bond donors (Lipinski definition) is 1. The Kier molecular flexibility index (Phi) is 4.25. The van der Waals surface area contributed by atoms with Crippen molar-refractivity contribution in [2.75, 3.05) is 6.54 Å². The van der Waals surface area contributed by atoms with E-state index < -0.39 is 0 Å². The highest BCUT2D eigenvalue weighted by Gasteiger charge is 2.11. The molecule has 0 spiro atoms. The zero-order chi connectivity index (χ0) is 15.4. The predicted molar refractivity (Wildman–Crippen MR) is 89.9 cm³/mol. The molecule has 0 bridgehead atoms. The smallest absolute Gasteiger partial charge is 0.204 e. The fourth-order valence-corrected chi connectivity index (χ4v) is 2.86. The molecule has 3 aromatic rings. The molecule has 0 unspecified atom stereocenters. The summed E-state index contributed by atoms with van der Waals surface area (Å²) in [4.78, 5) is 18.6. The van der Waals surface area contributed by atoms with E-state index in [9.17, 15) is 4.79 Å². The van der Waals surface area contributed by atoms with Crippen molar-refractivity contribution < 1.29 is 4.79 Å². The van der Waals surface area contributed by atoms with Crippen LogP contribution in [0.2, 0.25) is 0 Å². The Morgan fingerprint density at radius 1 is 1.27 bits per heavy atom. The van der Waals surface area contributed by atoms with Gasteiger partial charge in [-0.25, -0.2) is 0 Å². The quantitative estimate of drug-likeness (QED) is 0.576. The van der Waals surface area contributed by atoms with Crippen molar-refractivity contribution in [2.45, 2.75) is 6.92 Å². The molecule has 3 rings (SSSR count). The molecule has 2 aromatic heterocycles. The lowest BCUT2D eigenvalue weighted by atomic mass is 10.2. The number of aryl methyl sites for hydroxylation is 1. The van der Waals surface area contributed by atoms with Gasteiger partial charge in [0.1, 0.15) is 12.2 Å². The van der Waals surface area contributed by atoms with E-state index in [4.69, 9.17) is 0 Å². The summed E-state index contributed by atoms with van der Waals surface area (Å²) in [5, 5.41) is 7.00. The van der Waals surface area contributed by atoms with Crippen LogP contribution in [-0.2, 0) is 0 Å². The summed E-state index contributed by atoms with van der Waals surface area (Å²) < 4.78 is 0. The van der Waals surface area contributed by atoms with Crippen molar-refractivity contribution in [3.05, 3.63) is 64.7 Å². The Morgan fingerprint density at radius 3 is 2.82 bits per heavy atom. The van der Waals surface area contributed by atoms with Crippen LogP contribution in [0.5, 0.6) is 0 Å². The number of hydrogen-bond acceptors (Lipinski definition) is 4. The first-order valence-corrected chi connectivity index (χ1v) is 7.74. The maximum atomic E-state index is 12.1. The van der Waals surface area contributed by atoms with E-state index >= 15 is 0 Å². The molecule has 0 aliphatic heterocycles. The van der Waals surface area contributed by atoms with Gasteiger partial charge in [0.15, 0.2) is 0 Å². The number of nitrogens with zero attached hydrogens (tertiary/aromatic N) is 2. The number of H-pyrrole nitrogens is 1. The summed E-state index contributed by atoms with van der Waals surface area (Å²) >= 11 is 1.67. The van der Waals surface area contributed by atoms with E-state index in [1.165, 1.54) is 4.88 Å². The minimum Gasteiger partial charge on any atom is -0.290 e. The number of aromatic nitrogens is 2. The molecule has 1 aromatic carbocycles. The van der Waals surface area contributed by atoms with E-state index in [1.54, 1.807) is 23.6 Å². The number of aromatic amines is 1. The van der Waals surface area contributed by atoms with Crippen LogP contribution in [0.3, 0.4) is 0 Å². The zero-order valence-corrected chi connectivity index (χ0v) is 12.9. The van der Waals surface area contributed by atoms with E-state index in [-0.39, 0.29) is 12.3 Å². The van der Waals surface area contributed by atoms with Gasteiger partial charge in [0.25, 0.3) is 0 Å². The number of benzene rings is 1. The van der Waals surface area contributed by atoms with Crippen molar-refractivity contribution in [1.82, 2.24) is 10.2 Å². The maximum absolute atomic E-state index is 12.1. The van der Waals surface area contributed by atoms with Crippen molar-refractivity contribution in [1.29, 1.82) is 0 Å². The Balaban J connectivity index is 1.66. The van der Waals surface area contributed by atoms with Gasteiger partial charge in [-0.15, -0.1) is 11.3 Å². The average molecular weight is 309 g/mol. The molecule has 0 aliphatic rings. The second-order valence-corrected chi connectivity index (χ2v) is 6.17. The van der Waals surface area contributed by atoms with Crippen LogP contribution >= 0.6 is 11.3 Å². The molecule has 110 valence electrons. The highest BCUT2D eigenvalue weighted by Crippen LogP contribution is 2.26. The molecule has 5 heteroatoms. The van der Waals surface area contributed by atoms with Crippen LogP contribution in [-0.4, -0.2) is 28.7 Å². The fourth-order valence-electron chi connectivity index (χ4n) is 2.02. The molecule has 0 radical (unpaired) electrons. The van der Waals surface area contributed by atoms with Crippen molar-refractivity contribution in [2.24, 2.45) is 4.99 Å². The van der Waals surface area contributed by atoms with E-state index in [2.05, 4.69) is 22.1 Å². The Morgan fingerprint density at radius 2 is 2.09 bits per heavy atom. The highest BCUT2D eigenvalue weighted by molar-refractivity contribution is 7.15. The molecular weight excluding hydrogens is 294 g/mol. The van der Waals surface area contributed by atoms with Crippen LogP contribution < -0.4 is 0 Å². The van der Waals surface area contributed by atoms with Crippen LogP contribution in [0, 0.1) is 6.92 Å². The summed E-state index contributed by atoms with van der Waals surface area (Å²) in [6.07, 6.45) is 1.70. The van der Waals surface area contributed by atoms with Gasteiger partial charge in [0.2, 0.25) is 5.78 Å². The molecule has 1 N–H and O–H groups in total. The lowest BCUT2D eigenvalue weighted by Gasteiger charge is -1.92. The zero-order valence-electron chi connectivity index (χ0n) is 12.1. The van der Waals surface area contributed by atoms with E-state index in [0.29, 0.717) is 5.69 Å². The summed E-state index contributed by atoms with van der Waals surface area (Å²) in [6.45, 7) is 2.15. The largest absolute Gasteiger partial charge is 0.290 e. The number of Topliss-reactive ketones (excluding diaryl/α,β-unsaturated/α-hetero) is 1. The molecule has 0 aliphatic carbocycles. The van der Waals surface area contributed by atoms with Crippen molar-refractivity contribution in [3.63, 3.8) is 0 Å². The molecule has 0 amide bonds. The number of ketones is 1. The number of aliphatic imine (C=N–C) groups is 1. The lowest BCUT2D eigenvalue weighted by molar-refractivity contribution is 0.0997. The summed E-state index contributed by atoms with van der Waals surface area (Å²) in [5.41, 5.74) is 2.27. The minimum atomic E-state index is -0.0945. The molecule has 0 fully saturated rings. The third-order valence-electron chi connectivity index (χ3n) is 3.14. The monoisotopic (exact) mass is 309 g/mol. The Labute approximate surface area is 132 Å². The first-order chi connectivity index (χ1) is 10.7. The number of rotatable bonds is 5. The maximum Gasteiger partial charge on any atom is 0.204 e. The first-order valence-electron chi connectivity index (χ1n) is 6.92. The van der Waals surface area contributed by atoms with Gasteiger partial charge < -0.3 is 0 Å². The molecule has 0 atom stereocenters. The lowest BCUT2D eigenvalue weighted by Crippen LogP contribution is -2.04. The fraction of sp³-hybridized carbons (Fsp3) is 0.118. The van der Waals surface area contributed by atoms with Gasteiger partial charge in [-0.05, 0) is 30.7 Å². The molecule has 0 saturated carbocycles. The van der Waals surface area contributed by atoms with Gasteiger partial charge in [-0.3, -0.25) is 14.9 Å². The second kappa shape index (κ2) is 6.49. The van der Waals surface area contributed by atoms with E-state index in [0.717, 1.165) is 16.1 Å². The molecule has 4 nitrogen and oxygen atoms in total. The van der Waals surface area contributed by atoms with Gasteiger partial charge in [0, 0.05) is 11.1 Å². The third kappa shape index (κ3) is 3.38. The van der Waals surface area contributed by atoms with Crippen molar-refractivity contribution >= 4 is 23.3 Å². The molecule has 2 heterocycles. The van der Waals surface area contributed by atoms with Crippen LogP contribution in [0.25, 0.3) is 10.6 Å². The number of thiophene rings is 1. The summed E-state index contributed by atoms with van der Waals surface area (Å²) in [7, 11) is 0. The van der Waals surface area contributed by atoms with Crippen LogP contribution in [0.1, 0.15) is 20.9 Å². The molecular formula is C17H15N3OS. The van der Waals surface area contributed by atoms with Crippen LogP contribution in [0.15, 0.2) is 53.5 Å². The van der Waals surface area contributed by atoms with Gasteiger partial charge >= 0.3 is 0 Å². The van der Waals surface area contributed by atoms with Gasteiger partial charge in [-0.1, -0.05) is 30.3 Å². The van der Waals surface area contributed by atoms with Gasteiger partial charge in [0.05, 0.1) is 10.6 Å². The normalized spacial score (nSPS) is 11.1. The number of nitrogens with one attached hydrogen (secondary N) is 1. The third-order valence-corrected chi connectivity index (χ3v) is 4.18.